The van der Waals surface area contributed by atoms with E-state index in [2.05, 4.69) is 0 Å². The summed E-state index contributed by atoms with van der Waals surface area (Å²) in [5.41, 5.74) is 0.207. The summed E-state index contributed by atoms with van der Waals surface area (Å²) in [5.74, 6) is -0.677. The molecule has 1 aliphatic rings. The molecule has 1 fully saturated rings. The molecule has 20 heavy (non-hydrogen) atoms. The molecule has 1 aromatic rings. The molecule has 4 nitrogen and oxygen atoms in total. The summed E-state index contributed by atoms with van der Waals surface area (Å²) in [6.45, 7) is 2.29. The first-order valence-electron chi connectivity index (χ1n) is 6.69. The van der Waals surface area contributed by atoms with Crippen LogP contribution < -0.4 is 0 Å². The number of amides is 1. The maximum atomic E-state index is 13.8. The van der Waals surface area contributed by atoms with Gasteiger partial charge in [0, 0.05) is 25.1 Å². The zero-order valence-electron chi connectivity index (χ0n) is 11.4. The minimum absolute atomic E-state index is 0.0608. The maximum absolute atomic E-state index is 13.8. The van der Waals surface area contributed by atoms with Crippen molar-refractivity contribution in [3.8, 4) is 0 Å². The third-order valence-corrected chi connectivity index (χ3v) is 5.76. The van der Waals surface area contributed by atoms with Crippen molar-refractivity contribution in [2.45, 2.75) is 25.0 Å². The minimum Gasteiger partial charge on any atom is -0.342 e. The van der Waals surface area contributed by atoms with Crippen LogP contribution in [0.3, 0.4) is 0 Å². The monoisotopic (exact) mass is 299 g/mol. The van der Waals surface area contributed by atoms with E-state index in [1.165, 1.54) is 18.2 Å². The number of halogens is 1. The zero-order chi connectivity index (χ0) is 14.8. The molecule has 1 amide bonds. The number of carbonyl (C=O) groups is 1. The second-order valence-corrected chi connectivity index (χ2v) is 7.20. The highest BCUT2D eigenvalue weighted by molar-refractivity contribution is 7.91. The van der Waals surface area contributed by atoms with Crippen LogP contribution >= 0.6 is 0 Å². The fourth-order valence-electron chi connectivity index (χ4n) is 2.50. The van der Waals surface area contributed by atoms with Crippen molar-refractivity contribution < 1.29 is 17.6 Å². The number of hydrogen-bond donors (Lipinski definition) is 0. The second kappa shape index (κ2) is 5.91. The van der Waals surface area contributed by atoms with E-state index in [0.717, 1.165) is 0 Å². The number of benzene rings is 1. The topological polar surface area (TPSA) is 54.5 Å². The Morgan fingerprint density at radius 3 is 2.70 bits per heavy atom. The molecular formula is C14H18FNO3S. The van der Waals surface area contributed by atoms with Crippen LogP contribution in [0.2, 0.25) is 0 Å². The van der Waals surface area contributed by atoms with Gasteiger partial charge in [-0.05, 0) is 12.5 Å². The predicted molar refractivity (Wildman–Crippen MR) is 74.4 cm³/mol. The number of rotatable bonds is 2. The molecule has 1 atom stereocenters. The molecule has 110 valence electrons. The number of nitrogens with zero attached hydrogens (tertiary/aromatic N) is 1. The Kier molecular flexibility index (Phi) is 4.42. The maximum Gasteiger partial charge on any atom is 0.222 e. The molecule has 1 saturated heterocycles. The Morgan fingerprint density at radius 1 is 1.35 bits per heavy atom. The van der Waals surface area contributed by atoms with Gasteiger partial charge in [0.05, 0.1) is 11.0 Å². The molecule has 2 rings (SSSR count). The molecule has 0 bridgehead atoms. The Hall–Kier alpha value is -1.43. The van der Waals surface area contributed by atoms with E-state index in [1.54, 1.807) is 17.9 Å². The fourth-order valence-corrected chi connectivity index (χ4v) is 4.30. The predicted octanol–water partition coefficient (Wildman–Crippen LogP) is 1.92. The van der Waals surface area contributed by atoms with E-state index in [0.29, 0.717) is 13.0 Å². The van der Waals surface area contributed by atoms with Crippen LogP contribution in [-0.2, 0) is 14.6 Å². The normalized spacial score (nSPS) is 22.3. The van der Waals surface area contributed by atoms with Crippen molar-refractivity contribution >= 4 is 15.7 Å². The molecule has 0 aliphatic carbocycles. The Morgan fingerprint density at radius 2 is 2.05 bits per heavy atom. The number of hydrogen-bond acceptors (Lipinski definition) is 3. The summed E-state index contributed by atoms with van der Waals surface area (Å²) in [5, 5.41) is -0.863. The van der Waals surface area contributed by atoms with E-state index in [9.17, 15) is 17.6 Å². The highest BCUT2D eigenvalue weighted by Crippen LogP contribution is 2.31. The second-order valence-electron chi connectivity index (χ2n) is 4.90. The Bertz CT molecular complexity index is 600. The molecule has 1 aliphatic heterocycles. The quantitative estimate of drug-likeness (QED) is 0.838. The Labute approximate surface area is 118 Å². The molecule has 0 saturated carbocycles. The summed E-state index contributed by atoms with van der Waals surface area (Å²) < 4.78 is 38.4. The van der Waals surface area contributed by atoms with Gasteiger partial charge in [0.25, 0.3) is 0 Å². The minimum atomic E-state index is -3.44. The van der Waals surface area contributed by atoms with Crippen LogP contribution in [0.15, 0.2) is 24.3 Å². The summed E-state index contributed by atoms with van der Waals surface area (Å²) >= 11 is 0. The molecule has 0 radical (unpaired) electrons. The van der Waals surface area contributed by atoms with Gasteiger partial charge in [-0.3, -0.25) is 4.79 Å². The van der Waals surface area contributed by atoms with E-state index in [-0.39, 0.29) is 30.2 Å². The van der Waals surface area contributed by atoms with E-state index >= 15 is 0 Å². The van der Waals surface area contributed by atoms with E-state index in [4.69, 9.17) is 0 Å². The Balaban J connectivity index is 2.30. The molecular weight excluding hydrogens is 281 g/mol. The average molecular weight is 299 g/mol. The largest absolute Gasteiger partial charge is 0.342 e. The van der Waals surface area contributed by atoms with Crippen molar-refractivity contribution in [3.63, 3.8) is 0 Å². The lowest BCUT2D eigenvalue weighted by atomic mass is 10.1. The molecule has 0 aromatic heterocycles. The number of sulfone groups is 1. The summed E-state index contributed by atoms with van der Waals surface area (Å²) in [4.78, 5) is 13.3. The molecule has 1 unspecified atom stereocenters. The van der Waals surface area contributed by atoms with Crippen molar-refractivity contribution in [2.24, 2.45) is 0 Å². The van der Waals surface area contributed by atoms with Gasteiger partial charge in [0.1, 0.15) is 5.82 Å². The fraction of sp³-hybridized carbons (Fsp3) is 0.500. The molecule has 6 heteroatoms. The lowest BCUT2D eigenvalue weighted by Crippen LogP contribution is -2.32. The summed E-state index contributed by atoms with van der Waals surface area (Å²) in [7, 11) is -3.44. The highest BCUT2D eigenvalue weighted by Gasteiger charge is 2.33. The van der Waals surface area contributed by atoms with Crippen LogP contribution in [0.5, 0.6) is 0 Å². The standard InChI is InChI=1S/C14H18FNO3S/c1-2-14(17)16-8-7-13(20(18,19)10-9-16)11-5-3-4-6-12(11)15/h3-6,13H,2,7-10H2,1H3. The molecule has 1 aromatic carbocycles. The first kappa shape index (κ1) is 15.0. The smallest absolute Gasteiger partial charge is 0.222 e. The van der Waals surface area contributed by atoms with Crippen molar-refractivity contribution in [2.75, 3.05) is 18.8 Å². The van der Waals surface area contributed by atoms with Crippen molar-refractivity contribution in [3.05, 3.63) is 35.6 Å². The SMILES string of the molecule is CCC(=O)N1CCC(c2ccccc2F)S(=O)(=O)CC1. The van der Waals surface area contributed by atoms with Gasteiger partial charge in [0.15, 0.2) is 9.84 Å². The zero-order valence-corrected chi connectivity index (χ0v) is 12.2. The van der Waals surface area contributed by atoms with Crippen molar-refractivity contribution in [1.82, 2.24) is 4.90 Å². The average Bonchev–Trinajstić information content (AvgIpc) is 2.57. The highest BCUT2D eigenvalue weighted by atomic mass is 32.2. The van der Waals surface area contributed by atoms with Crippen LogP contribution in [0.1, 0.15) is 30.6 Å². The van der Waals surface area contributed by atoms with Gasteiger partial charge in [-0.1, -0.05) is 25.1 Å². The third kappa shape index (κ3) is 3.00. The van der Waals surface area contributed by atoms with Gasteiger partial charge >= 0.3 is 0 Å². The van der Waals surface area contributed by atoms with Gasteiger partial charge in [-0.25, -0.2) is 12.8 Å². The third-order valence-electron chi connectivity index (χ3n) is 3.65. The molecule has 0 N–H and O–H groups in total. The van der Waals surface area contributed by atoms with E-state index in [1.807, 2.05) is 0 Å². The van der Waals surface area contributed by atoms with Crippen LogP contribution in [-0.4, -0.2) is 38.1 Å². The van der Waals surface area contributed by atoms with Gasteiger partial charge in [-0.15, -0.1) is 0 Å². The molecule has 0 spiro atoms. The van der Waals surface area contributed by atoms with Crippen molar-refractivity contribution in [1.29, 1.82) is 0 Å². The van der Waals surface area contributed by atoms with E-state index < -0.39 is 20.9 Å². The first-order chi connectivity index (χ1) is 9.45. The van der Waals surface area contributed by atoms with Crippen LogP contribution in [0, 0.1) is 5.82 Å². The lowest BCUT2D eigenvalue weighted by molar-refractivity contribution is -0.130. The lowest BCUT2D eigenvalue weighted by Gasteiger charge is -2.19. The van der Waals surface area contributed by atoms with Crippen LogP contribution in [0.4, 0.5) is 4.39 Å². The van der Waals surface area contributed by atoms with Gasteiger partial charge in [-0.2, -0.15) is 0 Å². The van der Waals surface area contributed by atoms with Crippen LogP contribution in [0.25, 0.3) is 0 Å². The first-order valence-corrected chi connectivity index (χ1v) is 8.41. The summed E-state index contributed by atoms with van der Waals surface area (Å²) in [6, 6.07) is 5.95. The van der Waals surface area contributed by atoms with Gasteiger partial charge in [0.2, 0.25) is 5.91 Å². The summed E-state index contributed by atoms with van der Waals surface area (Å²) in [6.07, 6.45) is 0.597. The van der Waals surface area contributed by atoms with Gasteiger partial charge < -0.3 is 4.90 Å². The number of carbonyl (C=O) groups excluding carboxylic acids is 1. The molecule has 1 heterocycles.